The van der Waals surface area contributed by atoms with E-state index in [1.165, 1.54) is 4.88 Å². The average Bonchev–Trinajstić information content (AvgIpc) is 2.57. The minimum Gasteiger partial charge on any atom is -0.483 e. The Morgan fingerprint density at radius 3 is 2.88 bits per heavy atom. The SMILES string of the molecule is Cc1nc(COc2cccnc2Cl)sc1C. The molecule has 0 saturated carbocycles. The van der Waals surface area contributed by atoms with Crippen molar-refractivity contribution < 1.29 is 4.74 Å². The number of thiazole rings is 1. The minimum atomic E-state index is 0.382. The van der Waals surface area contributed by atoms with Crippen molar-refractivity contribution in [3.05, 3.63) is 39.1 Å². The lowest BCUT2D eigenvalue weighted by atomic mass is 10.4. The molecule has 0 radical (unpaired) electrons. The second kappa shape index (κ2) is 4.80. The first kappa shape index (κ1) is 11.4. The molecule has 2 aromatic heterocycles. The highest BCUT2D eigenvalue weighted by Crippen LogP contribution is 2.23. The van der Waals surface area contributed by atoms with E-state index < -0.39 is 0 Å². The molecular weight excluding hydrogens is 244 g/mol. The van der Waals surface area contributed by atoms with Crippen molar-refractivity contribution >= 4 is 22.9 Å². The maximum atomic E-state index is 5.87. The molecule has 0 aliphatic rings. The third-order valence-electron chi connectivity index (χ3n) is 2.15. The van der Waals surface area contributed by atoms with E-state index >= 15 is 0 Å². The summed E-state index contributed by atoms with van der Waals surface area (Å²) in [5.74, 6) is 0.592. The van der Waals surface area contributed by atoms with Crippen molar-refractivity contribution in [2.75, 3.05) is 0 Å². The van der Waals surface area contributed by atoms with Crippen molar-refractivity contribution in [3.63, 3.8) is 0 Å². The lowest BCUT2D eigenvalue weighted by molar-refractivity contribution is 0.304. The Morgan fingerprint density at radius 1 is 1.44 bits per heavy atom. The Labute approximate surface area is 103 Å². The zero-order valence-electron chi connectivity index (χ0n) is 9.03. The van der Waals surface area contributed by atoms with E-state index in [1.807, 2.05) is 13.8 Å². The van der Waals surface area contributed by atoms with Gasteiger partial charge in [0, 0.05) is 11.1 Å². The third kappa shape index (κ3) is 2.51. The Kier molecular flexibility index (Phi) is 3.41. The topological polar surface area (TPSA) is 35.0 Å². The number of pyridine rings is 1. The van der Waals surface area contributed by atoms with Crippen LogP contribution >= 0.6 is 22.9 Å². The molecule has 5 heteroatoms. The number of nitrogens with zero attached hydrogens (tertiary/aromatic N) is 2. The summed E-state index contributed by atoms with van der Waals surface area (Å²) in [6.07, 6.45) is 1.63. The van der Waals surface area contributed by atoms with Crippen LogP contribution in [0.2, 0.25) is 5.15 Å². The monoisotopic (exact) mass is 254 g/mol. The maximum Gasteiger partial charge on any atom is 0.171 e. The molecule has 3 nitrogen and oxygen atoms in total. The van der Waals surface area contributed by atoms with Crippen LogP contribution in [0, 0.1) is 13.8 Å². The molecule has 0 bridgehead atoms. The summed E-state index contributed by atoms with van der Waals surface area (Å²) in [5, 5.41) is 1.34. The number of hydrogen-bond acceptors (Lipinski definition) is 4. The highest BCUT2D eigenvalue weighted by Gasteiger charge is 2.06. The lowest BCUT2D eigenvalue weighted by Crippen LogP contribution is -1.96. The van der Waals surface area contributed by atoms with Crippen LogP contribution in [-0.2, 0) is 6.61 Å². The summed E-state index contributed by atoms with van der Waals surface area (Å²) in [6.45, 7) is 4.48. The van der Waals surface area contributed by atoms with Crippen molar-refractivity contribution in [2.45, 2.75) is 20.5 Å². The van der Waals surface area contributed by atoms with E-state index in [9.17, 15) is 0 Å². The molecule has 0 atom stereocenters. The van der Waals surface area contributed by atoms with E-state index in [4.69, 9.17) is 16.3 Å². The minimum absolute atomic E-state index is 0.382. The first-order valence-electron chi connectivity index (χ1n) is 4.83. The van der Waals surface area contributed by atoms with Crippen LogP contribution in [0.5, 0.6) is 5.75 Å². The molecule has 0 unspecified atom stereocenters. The van der Waals surface area contributed by atoms with Gasteiger partial charge in [0.05, 0.1) is 5.69 Å². The molecule has 0 N–H and O–H groups in total. The Bertz CT molecular complexity index is 479. The Morgan fingerprint density at radius 2 is 2.25 bits per heavy atom. The van der Waals surface area contributed by atoms with E-state index in [-0.39, 0.29) is 0 Å². The molecule has 0 aromatic carbocycles. The molecule has 0 saturated heterocycles. The van der Waals surface area contributed by atoms with E-state index in [0.29, 0.717) is 17.5 Å². The first-order chi connectivity index (χ1) is 7.66. The molecule has 0 aliphatic carbocycles. The van der Waals surface area contributed by atoms with Gasteiger partial charge in [-0.1, -0.05) is 11.6 Å². The number of rotatable bonds is 3. The predicted molar refractivity (Wildman–Crippen MR) is 65.2 cm³/mol. The van der Waals surface area contributed by atoms with Gasteiger partial charge in [-0.05, 0) is 26.0 Å². The number of hydrogen-bond donors (Lipinski definition) is 0. The van der Waals surface area contributed by atoms with Gasteiger partial charge in [-0.15, -0.1) is 11.3 Å². The van der Waals surface area contributed by atoms with Crippen LogP contribution in [-0.4, -0.2) is 9.97 Å². The number of aromatic nitrogens is 2. The average molecular weight is 255 g/mol. The van der Waals surface area contributed by atoms with E-state index in [0.717, 1.165) is 10.7 Å². The van der Waals surface area contributed by atoms with Crippen LogP contribution in [0.25, 0.3) is 0 Å². The van der Waals surface area contributed by atoms with Crippen molar-refractivity contribution in [2.24, 2.45) is 0 Å². The standard InChI is InChI=1S/C11H11ClN2OS/c1-7-8(2)16-10(14-7)6-15-9-4-3-5-13-11(9)12/h3-5H,6H2,1-2H3. The quantitative estimate of drug-likeness (QED) is 0.788. The summed E-state index contributed by atoms with van der Waals surface area (Å²) < 4.78 is 5.54. The molecule has 2 rings (SSSR count). The van der Waals surface area contributed by atoms with Gasteiger partial charge < -0.3 is 4.74 Å². The van der Waals surface area contributed by atoms with Gasteiger partial charge >= 0.3 is 0 Å². The molecule has 2 aromatic rings. The van der Waals surface area contributed by atoms with Gasteiger partial charge in [-0.2, -0.15) is 0 Å². The highest BCUT2D eigenvalue weighted by atomic mass is 35.5. The zero-order chi connectivity index (χ0) is 11.5. The molecule has 2 heterocycles. The largest absolute Gasteiger partial charge is 0.483 e. The summed E-state index contributed by atoms with van der Waals surface area (Å²) in [7, 11) is 0. The fourth-order valence-electron chi connectivity index (χ4n) is 1.22. The van der Waals surface area contributed by atoms with Gasteiger partial charge in [-0.25, -0.2) is 9.97 Å². The molecule has 0 aliphatic heterocycles. The first-order valence-corrected chi connectivity index (χ1v) is 6.02. The van der Waals surface area contributed by atoms with Crippen molar-refractivity contribution in [1.29, 1.82) is 0 Å². The summed E-state index contributed by atoms with van der Waals surface area (Å²) in [4.78, 5) is 9.54. The molecule has 84 valence electrons. The molecule has 0 spiro atoms. The third-order valence-corrected chi connectivity index (χ3v) is 3.48. The van der Waals surface area contributed by atoms with Gasteiger partial charge in [0.1, 0.15) is 11.6 Å². The lowest BCUT2D eigenvalue weighted by Gasteiger charge is -2.04. The maximum absolute atomic E-state index is 5.87. The Hall–Kier alpha value is -1.13. The van der Waals surface area contributed by atoms with Crippen molar-refractivity contribution in [3.8, 4) is 5.75 Å². The smallest absolute Gasteiger partial charge is 0.171 e. The van der Waals surface area contributed by atoms with Crippen LogP contribution in [0.15, 0.2) is 18.3 Å². The van der Waals surface area contributed by atoms with Crippen LogP contribution in [0.1, 0.15) is 15.6 Å². The number of aryl methyl sites for hydroxylation is 2. The summed E-state index contributed by atoms with van der Waals surface area (Å²) >= 11 is 7.51. The summed E-state index contributed by atoms with van der Waals surface area (Å²) in [5.41, 5.74) is 1.06. The highest BCUT2D eigenvalue weighted by molar-refractivity contribution is 7.11. The Balaban J connectivity index is 2.05. The predicted octanol–water partition coefficient (Wildman–Crippen LogP) is 3.39. The molecule has 16 heavy (non-hydrogen) atoms. The number of ether oxygens (including phenoxy) is 1. The molecule has 0 amide bonds. The van der Waals surface area contributed by atoms with Crippen LogP contribution in [0.3, 0.4) is 0 Å². The molecular formula is C11H11ClN2OS. The van der Waals surface area contributed by atoms with Gasteiger partial charge in [0.25, 0.3) is 0 Å². The zero-order valence-corrected chi connectivity index (χ0v) is 10.6. The second-order valence-corrected chi connectivity index (χ2v) is 4.98. The fraction of sp³-hybridized carbons (Fsp3) is 0.273. The van der Waals surface area contributed by atoms with E-state index in [2.05, 4.69) is 9.97 Å². The normalized spacial score (nSPS) is 10.4. The van der Waals surface area contributed by atoms with Crippen LogP contribution in [0.4, 0.5) is 0 Å². The van der Waals surface area contributed by atoms with Crippen LogP contribution < -0.4 is 4.74 Å². The van der Waals surface area contributed by atoms with Gasteiger partial charge in [0.2, 0.25) is 0 Å². The molecule has 0 fully saturated rings. The second-order valence-electron chi connectivity index (χ2n) is 3.33. The fourth-order valence-corrected chi connectivity index (χ4v) is 2.24. The van der Waals surface area contributed by atoms with E-state index in [1.54, 1.807) is 29.7 Å². The van der Waals surface area contributed by atoms with Crippen molar-refractivity contribution in [1.82, 2.24) is 9.97 Å². The van der Waals surface area contributed by atoms with Gasteiger partial charge in [-0.3, -0.25) is 0 Å². The van der Waals surface area contributed by atoms with Gasteiger partial charge in [0.15, 0.2) is 10.9 Å². The number of halogens is 1. The summed E-state index contributed by atoms with van der Waals surface area (Å²) in [6, 6.07) is 3.59.